The Kier molecular flexibility index (Phi) is 6.12. The highest BCUT2D eigenvalue weighted by molar-refractivity contribution is 7.15. The van der Waals surface area contributed by atoms with Crippen LogP contribution in [-0.2, 0) is 4.79 Å². The van der Waals surface area contributed by atoms with Crippen molar-refractivity contribution in [1.82, 2.24) is 10.3 Å². The van der Waals surface area contributed by atoms with Crippen LogP contribution in [0.3, 0.4) is 0 Å². The number of hydrogen-bond donors (Lipinski definition) is 4. The number of rotatable bonds is 7. The van der Waals surface area contributed by atoms with Gasteiger partial charge in [0.25, 0.3) is 17.7 Å². The van der Waals surface area contributed by atoms with Gasteiger partial charge in [-0.15, -0.1) is 11.3 Å². The Labute approximate surface area is 205 Å². The smallest absolute Gasteiger partial charge is 0.266 e. The third-order valence-electron chi connectivity index (χ3n) is 5.75. The number of hydrogen-bond acceptors (Lipinski definition) is 6. The van der Waals surface area contributed by atoms with Gasteiger partial charge in [0.2, 0.25) is 0 Å². The van der Waals surface area contributed by atoms with Gasteiger partial charge in [-0.05, 0) is 51.0 Å². The van der Waals surface area contributed by atoms with E-state index in [0.717, 1.165) is 23.3 Å². The molecule has 35 heavy (non-hydrogen) atoms. The zero-order chi connectivity index (χ0) is 24.5. The number of nitrogens with one attached hydrogen (secondary N) is 4. The van der Waals surface area contributed by atoms with Crippen molar-refractivity contribution < 1.29 is 19.1 Å². The van der Waals surface area contributed by atoms with E-state index in [1.807, 2.05) is 26.0 Å². The normalized spacial score (nSPS) is 15.6. The second-order valence-corrected chi connectivity index (χ2v) is 9.43. The molecule has 0 unspecified atom stereocenters. The number of nitrogens with zero attached hydrogens (tertiary/aromatic N) is 1. The first-order valence-electron chi connectivity index (χ1n) is 11.5. The number of carbonyl (C=O) groups excluding carboxylic acids is 3. The van der Waals surface area contributed by atoms with Crippen LogP contribution < -0.4 is 20.7 Å². The molecule has 9 nitrogen and oxygen atoms in total. The Morgan fingerprint density at radius 2 is 2.03 bits per heavy atom. The van der Waals surface area contributed by atoms with Crippen molar-refractivity contribution in [2.75, 3.05) is 23.8 Å². The van der Waals surface area contributed by atoms with Crippen LogP contribution in [0.2, 0.25) is 0 Å². The third-order valence-corrected chi connectivity index (χ3v) is 6.88. The van der Waals surface area contributed by atoms with E-state index in [1.54, 1.807) is 24.4 Å². The molecule has 0 atom stereocenters. The second kappa shape index (κ2) is 9.38. The largest absolute Gasteiger partial charge is 0.482 e. The van der Waals surface area contributed by atoms with Gasteiger partial charge in [-0.2, -0.15) is 0 Å². The van der Waals surface area contributed by atoms with Crippen LogP contribution in [-0.4, -0.2) is 48.1 Å². The van der Waals surface area contributed by atoms with Crippen LogP contribution in [0.15, 0.2) is 35.3 Å². The quantitative estimate of drug-likeness (QED) is 0.370. The van der Waals surface area contributed by atoms with E-state index in [9.17, 15) is 14.4 Å². The summed E-state index contributed by atoms with van der Waals surface area (Å²) in [7, 11) is 0. The fourth-order valence-electron chi connectivity index (χ4n) is 3.84. The monoisotopic (exact) mass is 491 g/mol. The van der Waals surface area contributed by atoms with E-state index >= 15 is 0 Å². The molecule has 1 aliphatic heterocycles. The summed E-state index contributed by atoms with van der Waals surface area (Å²) in [6.07, 6.45) is 5.63. The number of allylic oxidation sites excluding steroid dienone is 2. The molecule has 3 heterocycles. The molecule has 4 N–H and O–H groups in total. The lowest BCUT2D eigenvalue weighted by Crippen LogP contribution is -2.27. The van der Waals surface area contributed by atoms with Crippen molar-refractivity contribution in [3.05, 3.63) is 45.7 Å². The number of aromatic amines is 1. The lowest BCUT2D eigenvalue weighted by atomic mass is 10.1. The maximum absolute atomic E-state index is 13.2. The van der Waals surface area contributed by atoms with E-state index in [1.165, 1.54) is 11.3 Å². The minimum absolute atomic E-state index is 0.0893. The Hall–Kier alpha value is -3.92. The summed E-state index contributed by atoms with van der Waals surface area (Å²) < 4.78 is 5.54. The van der Waals surface area contributed by atoms with E-state index < -0.39 is 0 Å². The van der Waals surface area contributed by atoms with E-state index in [0.29, 0.717) is 45.1 Å². The highest BCUT2D eigenvalue weighted by Gasteiger charge is 2.29. The lowest BCUT2D eigenvalue weighted by Gasteiger charge is -2.17. The first-order chi connectivity index (χ1) is 17.0. The number of amides is 3. The first kappa shape index (κ1) is 22.9. The van der Waals surface area contributed by atoms with Gasteiger partial charge in [0.15, 0.2) is 6.61 Å². The zero-order valence-electron chi connectivity index (χ0n) is 19.4. The highest BCUT2D eigenvalue weighted by atomic mass is 32.1. The lowest BCUT2D eigenvalue weighted by molar-refractivity contribution is -0.118. The molecule has 3 amide bonds. The van der Waals surface area contributed by atoms with Gasteiger partial charge in [0.1, 0.15) is 11.6 Å². The van der Waals surface area contributed by atoms with Gasteiger partial charge < -0.3 is 25.7 Å². The van der Waals surface area contributed by atoms with Crippen molar-refractivity contribution in [1.29, 1.82) is 0 Å². The van der Waals surface area contributed by atoms with E-state index in [4.69, 9.17) is 4.74 Å². The molecule has 2 aromatic heterocycles. The van der Waals surface area contributed by atoms with Crippen LogP contribution in [0.5, 0.6) is 5.75 Å². The first-order valence-corrected chi connectivity index (χ1v) is 12.3. The SMILES string of the molecule is CC=C(C=NCC)c1ccc(C(=O)Nc2[nH]c3cc4c(cc3c2C(=O)NC2CC2)OCC(=O)N4)s1. The molecule has 0 spiro atoms. The summed E-state index contributed by atoms with van der Waals surface area (Å²) in [6, 6.07) is 7.21. The van der Waals surface area contributed by atoms with Gasteiger partial charge in [-0.1, -0.05) is 6.08 Å². The van der Waals surface area contributed by atoms with Crippen molar-refractivity contribution in [2.24, 2.45) is 4.99 Å². The zero-order valence-corrected chi connectivity index (χ0v) is 20.2. The van der Waals surface area contributed by atoms with Crippen LogP contribution in [0.25, 0.3) is 16.5 Å². The van der Waals surface area contributed by atoms with Crippen LogP contribution in [0, 0.1) is 0 Å². The summed E-state index contributed by atoms with van der Waals surface area (Å²) in [6.45, 7) is 4.48. The number of anilines is 2. The third kappa shape index (κ3) is 4.69. The van der Waals surface area contributed by atoms with Crippen molar-refractivity contribution >= 4 is 63.3 Å². The molecule has 1 aliphatic carbocycles. The Morgan fingerprint density at radius 1 is 1.23 bits per heavy atom. The molecular weight excluding hydrogens is 466 g/mol. The van der Waals surface area contributed by atoms with Crippen LogP contribution in [0.1, 0.15) is 51.6 Å². The number of carbonyl (C=O) groups is 3. The van der Waals surface area contributed by atoms with Gasteiger partial charge >= 0.3 is 0 Å². The number of thiophene rings is 1. The number of fused-ring (bicyclic) bond motifs is 2. The van der Waals surface area contributed by atoms with Crippen molar-refractivity contribution in [3.8, 4) is 5.75 Å². The van der Waals surface area contributed by atoms with Gasteiger partial charge in [-0.3, -0.25) is 19.4 Å². The van der Waals surface area contributed by atoms with Gasteiger partial charge in [0.05, 0.1) is 21.6 Å². The minimum atomic E-state index is -0.328. The van der Waals surface area contributed by atoms with Crippen molar-refractivity contribution in [2.45, 2.75) is 32.7 Å². The molecular formula is C25H25N5O4S. The highest BCUT2D eigenvalue weighted by Crippen LogP contribution is 2.37. The summed E-state index contributed by atoms with van der Waals surface area (Å²) >= 11 is 1.35. The molecule has 180 valence electrons. The van der Waals surface area contributed by atoms with Gasteiger partial charge in [-0.25, -0.2) is 0 Å². The topological polar surface area (TPSA) is 125 Å². The predicted octanol–water partition coefficient (Wildman–Crippen LogP) is 4.20. The molecule has 3 aromatic rings. The molecule has 1 fully saturated rings. The second-order valence-electron chi connectivity index (χ2n) is 8.34. The Balaban J connectivity index is 1.48. The van der Waals surface area contributed by atoms with Crippen LogP contribution in [0.4, 0.5) is 11.5 Å². The molecule has 0 saturated heterocycles. The summed E-state index contributed by atoms with van der Waals surface area (Å²) in [4.78, 5) is 46.9. The number of benzene rings is 1. The molecule has 10 heteroatoms. The van der Waals surface area contributed by atoms with Crippen molar-refractivity contribution in [3.63, 3.8) is 0 Å². The number of H-pyrrole nitrogens is 1. The summed E-state index contributed by atoms with van der Waals surface area (Å²) in [5, 5.41) is 9.24. The Bertz CT molecular complexity index is 1400. The molecule has 1 aromatic carbocycles. The standard InChI is InChI=1S/C25H25N5O4S/c1-3-13(11-26-4-2)19-7-8-20(35-19)24(32)30-23-22(25(33)27-14-5-6-14)15-9-18-17(10-16(15)29-23)28-21(31)12-34-18/h3,7-11,14,29H,4-6,12H2,1-2H3,(H,27,33)(H,28,31)(H,30,32). The van der Waals surface area contributed by atoms with E-state index in [-0.39, 0.29) is 30.4 Å². The Morgan fingerprint density at radius 3 is 2.77 bits per heavy atom. The maximum atomic E-state index is 13.2. The molecule has 2 aliphatic rings. The molecule has 1 saturated carbocycles. The average Bonchev–Trinajstić information content (AvgIpc) is 3.38. The van der Waals surface area contributed by atoms with Crippen LogP contribution >= 0.6 is 11.3 Å². The maximum Gasteiger partial charge on any atom is 0.266 e. The van der Waals surface area contributed by atoms with E-state index in [2.05, 4.69) is 25.9 Å². The fourth-order valence-corrected chi connectivity index (χ4v) is 4.78. The van der Waals surface area contributed by atoms with Gasteiger partial charge in [0, 0.05) is 34.6 Å². The molecule has 0 radical (unpaired) electrons. The number of ether oxygens (including phenoxy) is 1. The average molecular weight is 492 g/mol. The minimum Gasteiger partial charge on any atom is -0.482 e. The number of aromatic nitrogens is 1. The molecule has 5 rings (SSSR count). The number of aliphatic imine (C=N–C) groups is 1. The summed E-state index contributed by atoms with van der Waals surface area (Å²) in [5.41, 5.74) is 2.39. The molecule has 0 bridgehead atoms. The fraction of sp³-hybridized carbons (Fsp3) is 0.280. The predicted molar refractivity (Wildman–Crippen MR) is 138 cm³/mol. The summed E-state index contributed by atoms with van der Waals surface area (Å²) in [5.74, 6) is -0.0738.